The molecule has 0 saturated carbocycles. The number of carbonyl (C=O) groups is 1. The Bertz CT molecular complexity index is 454. The molecule has 0 radical (unpaired) electrons. The summed E-state index contributed by atoms with van der Waals surface area (Å²) < 4.78 is 5.88. The predicted molar refractivity (Wildman–Crippen MR) is 81.1 cm³/mol. The first-order chi connectivity index (χ1) is 10.3. The number of aromatic nitrogens is 1. The first kappa shape index (κ1) is 14.6. The third-order valence-corrected chi connectivity index (χ3v) is 4.73. The van der Waals surface area contributed by atoms with Gasteiger partial charge in [0.25, 0.3) is 0 Å². The Kier molecular flexibility index (Phi) is 4.60. The third kappa shape index (κ3) is 3.30. The normalized spacial score (nSPS) is 26.6. The van der Waals surface area contributed by atoms with Gasteiger partial charge in [0.05, 0.1) is 18.8 Å². The van der Waals surface area contributed by atoms with Gasteiger partial charge in [-0.15, -0.1) is 0 Å². The molecule has 0 aliphatic carbocycles. The maximum atomic E-state index is 12.4. The fourth-order valence-corrected chi connectivity index (χ4v) is 3.48. The monoisotopic (exact) mass is 291 g/mol. The molecule has 3 rings (SSSR count). The van der Waals surface area contributed by atoms with Crippen LogP contribution in [-0.4, -0.2) is 65.6 Å². The summed E-state index contributed by atoms with van der Waals surface area (Å²) in [6, 6.07) is 4.39. The molecule has 0 bridgehead atoms. The number of H-pyrrole nitrogens is 1. The minimum Gasteiger partial charge on any atom is -0.375 e. The molecule has 5 heteroatoms. The molecule has 116 valence electrons. The summed E-state index contributed by atoms with van der Waals surface area (Å²) >= 11 is 0. The number of aromatic amines is 1. The summed E-state index contributed by atoms with van der Waals surface area (Å²) in [6.45, 7) is 6.70. The van der Waals surface area contributed by atoms with Crippen LogP contribution >= 0.6 is 0 Å². The molecule has 3 heterocycles. The Morgan fingerprint density at radius 3 is 3.14 bits per heavy atom. The molecular formula is C16H25N3O2. The van der Waals surface area contributed by atoms with Gasteiger partial charge in [0.15, 0.2) is 0 Å². The number of likely N-dealkylation sites (tertiary alicyclic amines) is 1. The first-order valence-corrected chi connectivity index (χ1v) is 8.03. The lowest BCUT2D eigenvalue weighted by atomic mass is 9.98. The van der Waals surface area contributed by atoms with Gasteiger partial charge in [-0.05, 0) is 31.5 Å². The van der Waals surface area contributed by atoms with Crippen molar-refractivity contribution in [2.75, 3.05) is 32.8 Å². The Labute approximate surface area is 126 Å². The number of rotatable bonds is 4. The van der Waals surface area contributed by atoms with E-state index in [0.717, 1.165) is 51.3 Å². The molecule has 1 N–H and O–H groups in total. The van der Waals surface area contributed by atoms with Crippen LogP contribution in [0, 0.1) is 0 Å². The van der Waals surface area contributed by atoms with Crippen LogP contribution in [0.5, 0.6) is 0 Å². The lowest BCUT2D eigenvalue weighted by Crippen LogP contribution is -2.60. The van der Waals surface area contributed by atoms with Crippen molar-refractivity contribution in [3.63, 3.8) is 0 Å². The standard InChI is InChI=1S/C16H25N3O2/c1-2-18-10-11-21-15-7-9-19(12-14(15)18)16(20)6-5-13-4-3-8-17-13/h3-4,8,14-15,17H,2,5-7,9-12H2,1H3/t14-,15-/m0/s1. The highest BCUT2D eigenvalue weighted by atomic mass is 16.5. The van der Waals surface area contributed by atoms with E-state index in [1.165, 1.54) is 0 Å². The second-order valence-corrected chi connectivity index (χ2v) is 5.93. The molecule has 2 aliphatic rings. The smallest absolute Gasteiger partial charge is 0.223 e. The number of morpholine rings is 1. The van der Waals surface area contributed by atoms with E-state index < -0.39 is 0 Å². The van der Waals surface area contributed by atoms with E-state index in [4.69, 9.17) is 4.74 Å². The van der Waals surface area contributed by atoms with Crippen LogP contribution < -0.4 is 0 Å². The average Bonchev–Trinajstić information content (AvgIpc) is 3.05. The molecule has 2 fully saturated rings. The van der Waals surface area contributed by atoms with Gasteiger partial charge < -0.3 is 14.6 Å². The van der Waals surface area contributed by atoms with Crippen molar-refractivity contribution in [2.45, 2.75) is 38.3 Å². The molecular weight excluding hydrogens is 266 g/mol. The Hall–Kier alpha value is -1.33. The molecule has 2 atom stereocenters. The van der Waals surface area contributed by atoms with Gasteiger partial charge in [-0.25, -0.2) is 0 Å². The number of nitrogens with zero attached hydrogens (tertiary/aromatic N) is 2. The highest BCUT2D eigenvalue weighted by molar-refractivity contribution is 5.76. The molecule has 21 heavy (non-hydrogen) atoms. The van der Waals surface area contributed by atoms with E-state index in [-0.39, 0.29) is 5.91 Å². The number of nitrogens with one attached hydrogen (secondary N) is 1. The molecule has 2 aliphatic heterocycles. The number of carbonyl (C=O) groups excluding carboxylic acids is 1. The number of aryl methyl sites for hydroxylation is 1. The van der Waals surface area contributed by atoms with Gasteiger partial charge in [-0.3, -0.25) is 9.69 Å². The van der Waals surface area contributed by atoms with Gasteiger partial charge in [0, 0.05) is 37.9 Å². The quantitative estimate of drug-likeness (QED) is 0.909. The van der Waals surface area contributed by atoms with Gasteiger partial charge in [0.2, 0.25) is 5.91 Å². The largest absolute Gasteiger partial charge is 0.375 e. The molecule has 0 unspecified atom stereocenters. The summed E-state index contributed by atoms with van der Waals surface area (Å²) in [7, 11) is 0. The van der Waals surface area contributed by atoms with Crippen LogP contribution in [0.1, 0.15) is 25.5 Å². The molecule has 0 spiro atoms. The van der Waals surface area contributed by atoms with Crippen molar-refractivity contribution in [1.82, 2.24) is 14.8 Å². The highest BCUT2D eigenvalue weighted by Gasteiger charge is 2.37. The van der Waals surface area contributed by atoms with Crippen molar-refractivity contribution in [2.24, 2.45) is 0 Å². The molecule has 2 saturated heterocycles. The predicted octanol–water partition coefficient (Wildman–Crippen LogP) is 1.27. The van der Waals surface area contributed by atoms with E-state index in [1.807, 2.05) is 23.2 Å². The van der Waals surface area contributed by atoms with Crippen molar-refractivity contribution in [3.8, 4) is 0 Å². The van der Waals surface area contributed by atoms with Crippen LogP contribution in [-0.2, 0) is 16.0 Å². The maximum Gasteiger partial charge on any atom is 0.223 e. The van der Waals surface area contributed by atoms with Crippen LogP contribution in [0.25, 0.3) is 0 Å². The van der Waals surface area contributed by atoms with Crippen LogP contribution in [0.4, 0.5) is 0 Å². The summed E-state index contributed by atoms with van der Waals surface area (Å²) in [5.41, 5.74) is 1.13. The number of fused-ring (bicyclic) bond motifs is 1. The number of amides is 1. The van der Waals surface area contributed by atoms with Crippen molar-refractivity contribution in [1.29, 1.82) is 0 Å². The van der Waals surface area contributed by atoms with Crippen LogP contribution in [0.2, 0.25) is 0 Å². The Morgan fingerprint density at radius 2 is 2.38 bits per heavy atom. The van der Waals surface area contributed by atoms with Crippen molar-refractivity contribution in [3.05, 3.63) is 24.0 Å². The molecule has 1 aromatic heterocycles. The number of piperidine rings is 1. The zero-order valence-corrected chi connectivity index (χ0v) is 12.8. The fraction of sp³-hybridized carbons (Fsp3) is 0.688. The minimum absolute atomic E-state index is 0.268. The fourth-order valence-electron chi connectivity index (χ4n) is 3.48. The lowest BCUT2D eigenvalue weighted by Gasteiger charge is -2.46. The maximum absolute atomic E-state index is 12.4. The SMILES string of the molecule is CCN1CCO[C@H]2CCN(C(=O)CCc3ccc[nH]3)C[C@@H]21. The van der Waals surface area contributed by atoms with Crippen molar-refractivity contribution < 1.29 is 9.53 Å². The summed E-state index contributed by atoms with van der Waals surface area (Å²) in [5, 5.41) is 0. The zero-order chi connectivity index (χ0) is 14.7. The molecule has 5 nitrogen and oxygen atoms in total. The number of hydrogen-bond acceptors (Lipinski definition) is 3. The zero-order valence-electron chi connectivity index (χ0n) is 12.8. The number of likely N-dealkylation sites (N-methyl/N-ethyl adjacent to an activating group) is 1. The highest BCUT2D eigenvalue weighted by Crippen LogP contribution is 2.23. The summed E-state index contributed by atoms with van der Waals surface area (Å²) in [6.07, 6.45) is 4.57. The first-order valence-electron chi connectivity index (χ1n) is 8.03. The topological polar surface area (TPSA) is 48.6 Å². The van der Waals surface area contributed by atoms with Gasteiger partial charge >= 0.3 is 0 Å². The van der Waals surface area contributed by atoms with E-state index in [1.54, 1.807) is 0 Å². The summed E-state index contributed by atoms with van der Waals surface area (Å²) in [4.78, 5) is 20.1. The Morgan fingerprint density at radius 1 is 1.48 bits per heavy atom. The molecule has 0 aromatic carbocycles. The van der Waals surface area contributed by atoms with Crippen LogP contribution in [0.15, 0.2) is 18.3 Å². The lowest BCUT2D eigenvalue weighted by molar-refractivity contribution is -0.142. The van der Waals surface area contributed by atoms with Crippen LogP contribution in [0.3, 0.4) is 0 Å². The average molecular weight is 291 g/mol. The Balaban J connectivity index is 1.55. The molecule has 1 aromatic rings. The third-order valence-electron chi connectivity index (χ3n) is 4.73. The van der Waals surface area contributed by atoms with Gasteiger partial charge in [0.1, 0.15) is 0 Å². The number of hydrogen-bond donors (Lipinski definition) is 1. The van der Waals surface area contributed by atoms with Crippen molar-refractivity contribution >= 4 is 5.91 Å². The van der Waals surface area contributed by atoms with E-state index >= 15 is 0 Å². The van der Waals surface area contributed by atoms with E-state index in [9.17, 15) is 4.79 Å². The van der Waals surface area contributed by atoms with Gasteiger partial charge in [-0.1, -0.05) is 6.92 Å². The second-order valence-electron chi connectivity index (χ2n) is 5.93. The number of ether oxygens (including phenoxy) is 1. The summed E-state index contributed by atoms with van der Waals surface area (Å²) in [5.74, 6) is 0.268. The minimum atomic E-state index is 0.268. The second kappa shape index (κ2) is 6.62. The molecule has 1 amide bonds. The van der Waals surface area contributed by atoms with E-state index in [0.29, 0.717) is 18.6 Å². The van der Waals surface area contributed by atoms with Gasteiger partial charge in [-0.2, -0.15) is 0 Å². The van der Waals surface area contributed by atoms with E-state index in [2.05, 4.69) is 16.8 Å².